The van der Waals surface area contributed by atoms with E-state index in [9.17, 15) is 0 Å². The normalized spacial score (nSPS) is 15.4. The van der Waals surface area contributed by atoms with Gasteiger partial charge in [0.15, 0.2) is 0 Å². The van der Waals surface area contributed by atoms with Gasteiger partial charge >= 0.3 is 0 Å². The van der Waals surface area contributed by atoms with E-state index in [4.69, 9.17) is 0 Å². The number of piperazine rings is 1. The third-order valence-corrected chi connectivity index (χ3v) is 4.24. The second-order valence-corrected chi connectivity index (χ2v) is 5.53. The lowest BCUT2D eigenvalue weighted by Crippen LogP contribution is -2.43. The van der Waals surface area contributed by atoms with E-state index in [0.29, 0.717) is 0 Å². The van der Waals surface area contributed by atoms with E-state index in [0.717, 1.165) is 26.2 Å². The number of nitrogens with zero attached hydrogens (tertiary/aromatic N) is 1. The molecular formula is C18H22N2. The van der Waals surface area contributed by atoms with E-state index in [-0.39, 0.29) is 0 Å². The SMILES string of the molecule is Cc1cccc(-c2cccc(N3CCNCC3)c2)c1C. The molecule has 2 heteroatoms. The van der Waals surface area contributed by atoms with Crippen molar-refractivity contribution in [2.75, 3.05) is 31.1 Å². The van der Waals surface area contributed by atoms with Crippen LogP contribution in [-0.4, -0.2) is 26.2 Å². The first kappa shape index (κ1) is 13.2. The Morgan fingerprint density at radius 1 is 0.950 bits per heavy atom. The van der Waals surface area contributed by atoms with E-state index < -0.39 is 0 Å². The van der Waals surface area contributed by atoms with Crippen LogP contribution >= 0.6 is 0 Å². The van der Waals surface area contributed by atoms with Crippen molar-refractivity contribution in [1.82, 2.24) is 5.32 Å². The van der Waals surface area contributed by atoms with Crippen LogP contribution in [0.5, 0.6) is 0 Å². The van der Waals surface area contributed by atoms with E-state index in [1.165, 1.54) is 27.9 Å². The van der Waals surface area contributed by atoms with Gasteiger partial charge < -0.3 is 10.2 Å². The Labute approximate surface area is 121 Å². The monoisotopic (exact) mass is 266 g/mol. The number of aryl methyl sites for hydroxylation is 1. The first-order chi connectivity index (χ1) is 9.75. The van der Waals surface area contributed by atoms with Crippen LogP contribution in [-0.2, 0) is 0 Å². The van der Waals surface area contributed by atoms with Crippen LogP contribution in [0, 0.1) is 13.8 Å². The van der Waals surface area contributed by atoms with E-state index in [2.05, 4.69) is 66.5 Å². The molecule has 0 aromatic heterocycles. The molecule has 1 saturated heterocycles. The molecule has 2 nitrogen and oxygen atoms in total. The molecule has 104 valence electrons. The summed E-state index contributed by atoms with van der Waals surface area (Å²) >= 11 is 0. The number of benzene rings is 2. The number of hydrogen-bond donors (Lipinski definition) is 1. The molecule has 1 heterocycles. The fourth-order valence-corrected chi connectivity index (χ4v) is 2.86. The lowest BCUT2D eigenvalue weighted by atomic mass is 9.96. The van der Waals surface area contributed by atoms with Gasteiger partial charge in [0.2, 0.25) is 0 Å². The molecule has 1 fully saturated rings. The quantitative estimate of drug-likeness (QED) is 0.896. The summed E-state index contributed by atoms with van der Waals surface area (Å²) in [4.78, 5) is 2.46. The third kappa shape index (κ3) is 2.56. The molecule has 0 atom stereocenters. The summed E-state index contributed by atoms with van der Waals surface area (Å²) in [5.41, 5.74) is 6.74. The molecule has 0 unspecified atom stereocenters. The first-order valence-electron chi connectivity index (χ1n) is 7.38. The molecule has 1 aliphatic rings. The molecule has 0 aliphatic carbocycles. The standard InChI is InChI=1S/C18H22N2/c1-14-5-3-8-18(15(14)2)16-6-4-7-17(13-16)20-11-9-19-10-12-20/h3-8,13,19H,9-12H2,1-2H3. The van der Waals surface area contributed by atoms with E-state index in [1.807, 2.05) is 0 Å². The maximum atomic E-state index is 3.41. The second-order valence-electron chi connectivity index (χ2n) is 5.53. The van der Waals surface area contributed by atoms with Gasteiger partial charge in [-0.25, -0.2) is 0 Å². The zero-order valence-electron chi connectivity index (χ0n) is 12.3. The maximum absolute atomic E-state index is 3.41. The Bertz CT molecular complexity index is 598. The van der Waals surface area contributed by atoms with Gasteiger partial charge in [-0.2, -0.15) is 0 Å². The summed E-state index contributed by atoms with van der Waals surface area (Å²) < 4.78 is 0. The Balaban J connectivity index is 1.96. The minimum Gasteiger partial charge on any atom is -0.369 e. The van der Waals surface area contributed by atoms with Crippen LogP contribution < -0.4 is 10.2 Å². The predicted octanol–water partition coefficient (Wildman–Crippen LogP) is 3.38. The van der Waals surface area contributed by atoms with Crippen LogP contribution in [0.25, 0.3) is 11.1 Å². The molecular weight excluding hydrogens is 244 g/mol. The fourth-order valence-electron chi connectivity index (χ4n) is 2.86. The molecule has 2 aromatic carbocycles. The topological polar surface area (TPSA) is 15.3 Å². The Morgan fingerprint density at radius 2 is 1.70 bits per heavy atom. The highest BCUT2D eigenvalue weighted by molar-refractivity contribution is 5.72. The lowest BCUT2D eigenvalue weighted by molar-refractivity contribution is 0.589. The van der Waals surface area contributed by atoms with Gasteiger partial charge in [0.25, 0.3) is 0 Å². The van der Waals surface area contributed by atoms with Crippen molar-refractivity contribution in [3.05, 3.63) is 53.6 Å². The fraction of sp³-hybridized carbons (Fsp3) is 0.333. The molecule has 0 saturated carbocycles. The Hall–Kier alpha value is -1.80. The van der Waals surface area contributed by atoms with Crippen molar-refractivity contribution in [3.63, 3.8) is 0 Å². The summed E-state index contributed by atoms with van der Waals surface area (Å²) in [6, 6.07) is 15.5. The van der Waals surface area contributed by atoms with Crippen molar-refractivity contribution in [2.45, 2.75) is 13.8 Å². The average molecular weight is 266 g/mol. The molecule has 0 radical (unpaired) electrons. The maximum Gasteiger partial charge on any atom is 0.0373 e. The first-order valence-corrected chi connectivity index (χ1v) is 7.38. The minimum absolute atomic E-state index is 1.08. The van der Waals surface area contributed by atoms with E-state index in [1.54, 1.807) is 0 Å². The predicted molar refractivity (Wildman–Crippen MR) is 86.4 cm³/mol. The van der Waals surface area contributed by atoms with E-state index >= 15 is 0 Å². The van der Waals surface area contributed by atoms with Gasteiger partial charge in [0, 0.05) is 31.9 Å². The molecule has 1 aliphatic heterocycles. The summed E-state index contributed by atoms with van der Waals surface area (Å²) in [7, 11) is 0. The molecule has 3 rings (SSSR count). The summed E-state index contributed by atoms with van der Waals surface area (Å²) in [5, 5.41) is 3.41. The molecule has 0 bridgehead atoms. The van der Waals surface area contributed by atoms with Gasteiger partial charge in [0.05, 0.1) is 0 Å². The van der Waals surface area contributed by atoms with Crippen LogP contribution in [0.3, 0.4) is 0 Å². The van der Waals surface area contributed by atoms with Crippen LogP contribution in [0.15, 0.2) is 42.5 Å². The summed E-state index contributed by atoms with van der Waals surface area (Å²) in [6.45, 7) is 8.73. The highest BCUT2D eigenvalue weighted by atomic mass is 15.2. The summed E-state index contributed by atoms with van der Waals surface area (Å²) in [5.74, 6) is 0. The molecule has 0 spiro atoms. The van der Waals surface area contributed by atoms with Crippen LogP contribution in [0.1, 0.15) is 11.1 Å². The van der Waals surface area contributed by atoms with Gasteiger partial charge in [-0.3, -0.25) is 0 Å². The highest BCUT2D eigenvalue weighted by Gasteiger charge is 2.11. The van der Waals surface area contributed by atoms with Gasteiger partial charge in [-0.15, -0.1) is 0 Å². The third-order valence-electron chi connectivity index (χ3n) is 4.24. The van der Waals surface area contributed by atoms with Crippen molar-refractivity contribution in [1.29, 1.82) is 0 Å². The second kappa shape index (κ2) is 5.68. The van der Waals surface area contributed by atoms with Gasteiger partial charge in [-0.05, 0) is 48.2 Å². The lowest BCUT2D eigenvalue weighted by Gasteiger charge is -2.29. The Kier molecular flexibility index (Phi) is 3.75. The number of hydrogen-bond acceptors (Lipinski definition) is 2. The Morgan fingerprint density at radius 3 is 2.50 bits per heavy atom. The number of rotatable bonds is 2. The van der Waals surface area contributed by atoms with Gasteiger partial charge in [-0.1, -0.05) is 30.3 Å². The molecule has 2 aromatic rings. The van der Waals surface area contributed by atoms with Crippen molar-refractivity contribution >= 4 is 5.69 Å². The number of nitrogens with one attached hydrogen (secondary N) is 1. The van der Waals surface area contributed by atoms with Crippen molar-refractivity contribution in [2.24, 2.45) is 0 Å². The minimum atomic E-state index is 1.08. The molecule has 1 N–H and O–H groups in total. The molecule has 20 heavy (non-hydrogen) atoms. The molecule has 0 amide bonds. The zero-order chi connectivity index (χ0) is 13.9. The zero-order valence-corrected chi connectivity index (χ0v) is 12.3. The van der Waals surface area contributed by atoms with Crippen molar-refractivity contribution < 1.29 is 0 Å². The van der Waals surface area contributed by atoms with Crippen LogP contribution in [0.2, 0.25) is 0 Å². The largest absolute Gasteiger partial charge is 0.369 e. The number of anilines is 1. The average Bonchev–Trinajstić information content (AvgIpc) is 2.51. The van der Waals surface area contributed by atoms with Crippen molar-refractivity contribution in [3.8, 4) is 11.1 Å². The highest BCUT2D eigenvalue weighted by Crippen LogP contribution is 2.28. The summed E-state index contributed by atoms with van der Waals surface area (Å²) in [6.07, 6.45) is 0. The smallest absolute Gasteiger partial charge is 0.0373 e. The van der Waals surface area contributed by atoms with Gasteiger partial charge in [0.1, 0.15) is 0 Å². The van der Waals surface area contributed by atoms with Crippen LogP contribution in [0.4, 0.5) is 5.69 Å².